The highest BCUT2D eigenvalue weighted by Crippen LogP contribution is 2.21. The lowest BCUT2D eigenvalue weighted by Gasteiger charge is -2.12. The second-order valence-electron chi connectivity index (χ2n) is 4.36. The molecule has 104 valence electrons. The zero-order valence-electron chi connectivity index (χ0n) is 11.4. The zero-order chi connectivity index (χ0) is 14.5. The third kappa shape index (κ3) is 3.06. The fourth-order valence-electron chi connectivity index (χ4n) is 1.91. The van der Waals surface area contributed by atoms with E-state index in [2.05, 4.69) is 10.3 Å². The van der Waals surface area contributed by atoms with Crippen LogP contribution in [-0.2, 0) is 6.54 Å². The van der Waals surface area contributed by atoms with Crippen LogP contribution in [0.4, 0.5) is 5.69 Å². The smallest absolute Gasteiger partial charge is 0.337 e. The van der Waals surface area contributed by atoms with Crippen LogP contribution in [0, 0.1) is 6.92 Å². The minimum Gasteiger partial charge on any atom is -0.481 e. The fourth-order valence-corrected chi connectivity index (χ4v) is 1.91. The van der Waals surface area contributed by atoms with Crippen molar-refractivity contribution < 1.29 is 14.6 Å². The molecule has 20 heavy (non-hydrogen) atoms. The summed E-state index contributed by atoms with van der Waals surface area (Å²) >= 11 is 0. The van der Waals surface area contributed by atoms with Gasteiger partial charge in [-0.05, 0) is 24.1 Å². The first-order valence-corrected chi connectivity index (χ1v) is 6.17. The molecule has 0 fully saturated rings. The van der Waals surface area contributed by atoms with Gasteiger partial charge < -0.3 is 15.2 Å². The van der Waals surface area contributed by atoms with Crippen LogP contribution in [0.3, 0.4) is 0 Å². The number of carboxylic acids is 1. The molecular formula is C15H16N2O3. The number of carbonyl (C=O) groups is 1. The van der Waals surface area contributed by atoms with Crippen LogP contribution in [0.25, 0.3) is 0 Å². The molecule has 0 bridgehead atoms. The summed E-state index contributed by atoms with van der Waals surface area (Å²) < 4.78 is 4.99. The molecule has 0 spiro atoms. The van der Waals surface area contributed by atoms with Crippen LogP contribution in [0.2, 0.25) is 0 Å². The van der Waals surface area contributed by atoms with Gasteiger partial charge in [-0.25, -0.2) is 9.78 Å². The van der Waals surface area contributed by atoms with E-state index in [-0.39, 0.29) is 5.56 Å². The molecule has 5 nitrogen and oxygen atoms in total. The van der Waals surface area contributed by atoms with E-state index in [1.165, 1.54) is 0 Å². The number of hydrogen-bond acceptors (Lipinski definition) is 4. The van der Waals surface area contributed by atoms with E-state index in [4.69, 9.17) is 4.74 Å². The van der Waals surface area contributed by atoms with Crippen LogP contribution < -0.4 is 10.1 Å². The van der Waals surface area contributed by atoms with Crippen molar-refractivity contribution in [1.82, 2.24) is 4.98 Å². The first-order chi connectivity index (χ1) is 9.61. The third-order valence-electron chi connectivity index (χ3n) is 2.98. The van der Waals surface area contributed by atoms with Crippen molar-refractivity contribution in [3.63, 3.8) is 0 Å². The third-order valence-corrected chi connectivity index (χ3v) is 2.98. The number of hydrogen-bond donors (Lipinski definition) is 2. The molecule has 1 heterocycles. The van der Waals surface area contributed by atoms with E-state index in [0.29, 0.717) is 18.1 Å². The summed E-state index contributed by atoms with van der Waals surface area (Å²) in [7, 11) is 1.56. The highest BCUT2D eigenvalue weighted by molar-refractivity contribution is 5.95. The Morgan fingerprint density at radius 3 is 2.75 bits per heavy atom. The molecule has 0 amide bonds. The number of aryl methyl sites for hydroxylation is 1. The molecule has 0 aliphatic rings. The molecule has 0 unspecified atom stereocenters. The van der Waals surface area contributed by atoms with Gasteiger partial charge in [0.2, 0.25) is 5.88 Å². The normalized spacial score (nSPS) is 10.1. The first-order valence-electron chi connectivity index (χ1n) is 6.17. The summed E-state index contributed by atoms with van der Waals surface area (Å²) in [6.07, 6.45) is 1.70. The molecule has 0 saturated heterocycles. The largest absolute Gasteiger partial charge is 0.481 e. The average molecular weight is 272 g/mol. The number of anilines is 1. The van der Waals surface area contributed by atoms with Gasteiger partial charge >= 0.3 is 5.97 Å². The molecule has 1 aromatic heterocycles. The number of pyridine rings is 1. The summed E-state index contributed by atoms with van der Waals surface area (Å²) in [5.74, 6) is -0.389. The van der Waals surface area contributed by atoms with Gasteiger partial charge in [-0.3, -0.25) is 0 Å². The summed E-state index contributed by atoms with van der Waals surface area (Å²) in [5, 5.41) is 12.3. The molecule has 2 aromatic rings. The minimum absolute atomic E-state index is 0.270. The number of nitrogens with one attached hydrogen (secondary N) is 1. The lowest BCUT2D eigenvalue weighted by molar-refractivity contribution is 0.0698. The Morgan fingerprint density at radius 2 is 2.15 bits per heavy atom. The molecule has 1 aromatic carbocycles. The summed E-state index contributed by atoms with van der Waals surface area (Å²) in [6.45, 7) is 2.38. The average Bonchev–Trinajstić information content (AvgIpc) is 2.46. The summed E-state index contributed by atoms with van der Waals surface area (Å²) in [5.41, 5.74) is 2.75. The summed E-state index contributed by atoms with van der Waals surface area (Å²) in [6, 6.07) is 8.86. The summed E-state index contributed by atoms with van der Waals surface area (Å²) in [4.78, 5) is 15.3. The van der Waals surface area contributed by atoms with E-state index in [0.717, 1.165) is 11.1 Å². The van der Waals surface area contributed by atoms with Crippen molar-refractivity contribution in [2.75, 3.05) is 12.4 Å². The van der Waals surface area contributed by atoms with Gasteiger partial charge in [-0.2, -0.15) is 0 Å². The van der Waals surface area contributed by atoms with Crippen molar-refractivity contribution in [2.45, 2.75) is 13.5 Å². The molecule has 5 heteroatoms. The molecule has 0 aliphatic carbocycles. The quantitative estimate of drug-likeness (QED) is 0.875. The topological polar surface area (TPSA) is 71.5 Å². The molecule has 2 N–H and O–H groups in total. The van der Waals surface area contributed by atoms with Gasteiger partial charge in [0.1, 0.15) is 0 Å². The minimum atomic E-state index is -0.941. The van der Waals surface area contributed by atoms with Gasteiger partial charge in [0.15, 0.2) is 0 Å². The maximum atomic E-state index is 11.2. The van der Waals surface area contributed by atoms with Crippen LogP contribution in [0.15, 0.2) is 36.5 Å². The van der Waals surface area contributed by atoms with Gasteiger partial charge in [0.05, 0.1) is 18.4 Å². The Hall–Kier alpha value is -2.56. The number of para-hydroxylation sites is 1. The Labute approximate surface area is 117 Å². The van der Waals surface area contributed by atoms with E-state index in [9.17, 15) is 9.90 Å². The number of nitrogens with zero attached hydrogens (tertiary/aromatic N) is 1. The van der Waals surface area contributed by atoms with Crippen molar-refractivity contribution >= 4 is 11.7 Å². The van der Waals surface area contributed by atoms with Gasteiger partial charge in [-0.15, -0.1) is 0 Å². The van der Waals surface area contributed by atoms with Gasteiger partial charge in [0.25, 0.3) is 0 Å². The van der Waals surface area contributed by atoms with E-state index < -0.39 is 5.97 Å². The predicted octanol–water partition coefficient (Wildman–Crippen LogP) is 2.71. The zero-order valence-corrected chi connectivity index (χ0v) is 11.4. The SMILES string of the molecule is COc1ccc(CNc2c(C)cccc2C(=O)O)cn1. The highest BCUT2D eigenvalue weighted by atomic mass is 16.5. The van der Waals surface area contributed by atoms with Crippen molar-refractivity contribution in [3.8, 4) is 5.88 Å². The van der Waals surface area contributed by atoms with Gasteiger partial charge in [0, 0.05) is 18.8 Å². The van der Waals surface area contributed by atoms with Crippen LogP contribution >= 0.6 is 0 Å². The standard InChI is InChI=1S/C15H16N2O3/c1-10-4-3-5-12(15(18)19)14(10)17-9-11-6-7-13(20-2)16-8-11/h3-8,17H,9H2,1-2H3,(H,18,19). The first kappa shape index (κ1) is 13.9. The Kier molecular flexibility index (Phi) is 4.20. The van der Waals surface area contributed by atoms with Crippen molar-refractivity contribution in [1.29, 1.82) is 0 Å². The van der Waals surface area contributed by atoms with Gasteiger partial charge in [-0.1, -0.05) is 18.2 Å². The molecule has 0 radical (unpaired) electrons. The molecule has 0 aliphatic heterocycles. The number of carboxylic acid groups (broad SMARTS) is 1. The Morgan fingerprint density at radius 1 is 1.35 bits per heavy atom. The number of aromatic nitrogens is 1. The monoisotopic (exact) mass is 272 g/mol. The molecule has 0 saturated carbocycles. The maximum absolute atomic E-state index is 11.2. The van der Waals surface area contributed by atoms with Crippen LogP contribution in [0.1, 0.15) is 21.5 Å². The number of aromatic carboxylic acids is 1. The second-order valence-corrected chi connectivity index (χ2v) is 4.36. The predicted molar refractivity (Wildman–Crippen MR) is 76.3 cm³/mol. The lowest BCUT2D eigenvalue weighted by atomic mass is 10.1. The number of rotatable bonds is 5. The maximum Gasteiger partial charge on any atom is 0.337 e. The molecular weight excluding hydrogens is 256 g/mol. The number of methoxy groups -OCH3 is 1. The number of benzene rings is 1. The van der Waals surface area contributed by atoms with Crippen molar-refractivity contribution in [2.24, 2.45) is 0 Å². The second kappa shape index (κ2) is 6.06. The van der Waals surface area contributed by atoms with Crippen LogP contribution in [-0.4, -0.2) is 23.2 Å². The Bertz CT molecular complexity index is 609. The Balaban J connectivity index is 2.16. The molecule has 0 atom stereocenters. The number of ether oxygens (including phenoxy) is 1. The van der Waals surface area contributed by atoms with Crippen LogP contribution in [0.5, 0.6) is 5.88 Å². The van der Waals surface area contributed by atoms with E-state index in [1.54, 1.807) is 31.5 Å². The highest BCUT2D eigenvalue weighted by Gasteiger charge is 2.11. The molecule has 2 rings (SSSR count). The van der Waals surface area contributed by atoms with E-state index in [1.807, 2.05) is 19.1 Å². The van der Waals surface area contributed by atoms with Crippen molar-refractivity contribution in [3.05, 3.63) is 53.2 Å². The van der Waals surface area contributed by atoms with E-state index >= 15 is 0 Å². The fraction of sp³-hybridized carbons (Fsp3) is 0.200. The lowest BCUT2D eigenvalue weighted by Crippen LogP contribution is -2.08.